The van der Waals surface area contributed by atoms with Gasteiger partial charge in [0.2, 0.25) is 5.91 Å². The molecule has 2 aliphatic rings. The van der Waals surface area contributed by atoms with Crippen molar-refractivity contribution in [3.05, 3.63) is 110 Å². The van der Waals surface area contributed by atoms with E-state index < -0.39 is 46.6 Å². The molecule has 232 valence electrons. The van der Waals surface area contributed by atoms with Crippen LogP contribution in [0, 0.1) is 11.8 Å². The highest BCUT2D eigenvalue weighted by molar-refractivity contribution is 9.10. The van der Waals surface area contributed by atoms with Gasteiger partial charge >= 0.3 is 12.1 Å². The van der Waals surface area contributed by atoms with Crippen molar-refractivity contribution in [2.45, 2.75) is 45.1 Å². The maximum atomic E-state index is 14.9. The fraction of sp³-hybridized carbons (Fsp3) is 0.286. The van der Waals surface area contributed by atoms with Gasteiger partial charge in [0.05, 0.1) is 12.3 Å². The number of ketones is 2. The Balaban J connectivity index is 1.74. The number of anilines is 1. The predicted molar refractivity (Wildman–Crippen MR) is 175 cm³/mol. The van der Waals surface area contributed by atoms with E-state index in [9.17, 15) is 24.0 Å². The third-order valence-corrected chi connectivity index (χ3v) is 8.98. The Bertz CT molecular complexity index is 1720. The lowest BCUT2D eigenvalue weighted by molar-refractivity contribution is -0.151. The molecule has 2 amide bonds. The fourth-order valence-electron chi connectivity index (χ4n) is 6.14. The lowest BCUT2D eigenvalue weighted by atomic mass is 9.64. The number of nitrogens with zero attached hydrogens (tertiary/aromatic N) is 1. The number of rotatable bonds is 7. The summed E-state index contributed by atoms with van der Waals surface area (Å²) in [5, 5.41) is 0. The molecule has 0 saturated carbocycles. The highest BCUT2D eigenvalue weighted by Crippen LogP contribution is 2.59. The van der Waals surface area contributed by atoms with Gasteiger partial charge in [-0.3, -0.25) is 19.2 Å². The van der Waals surface area contributed by atoms with Crippen molar-refractivity contribution in [2.24, 2.45) is 11.8 Å². The maximum Gasteiger partial charge on any atom is 0.421 e. The third-order valence-electron chi connectivity index (χ3n) is 7.92. The van der Waals surface area contributed by atoms with E-state index in [-0.39, 0.29) is 35.6 Å². The number of carbonyl (C=O) groups is 5. The van der Waals surface area contributed by atoms with Crippen molar-refractivity contribution < 1.29 is 33.4 Å². The van der Waals surface area contributed by atoms with E-state index in [1.54, 1.807) is 107 Å². The Morgan fingerprint density at radius 1 is 0.867 bits per heavy atom. The lowest BCUT2D eigenvalue weighted by Crippen LogP contribution is -2.53. The molecule has 1 heterocycles. The first kappa shape index (κ1) is 32.5. The smallest absolute Gasteiger partial charge is 0.421 e. The molecule has 45 heavy (non-hydrogen) atoms. The van der Waals surface area contributed by atoms with Crippen LogP contribution in [0.15, 0.2) is 93.4 Å². The van der Waals surface area contributed by atoms with Gasteiger partial charge in [-0.1, -0.05) is 68.3 Å². The van der Waals surface area contributed by atoms with Crippen LogP contribution in [0.25, 0.3) is 0 Å². The molecule has 0 N–H and O–H groups in total. The maximum absolute atomic E-state index is 14.9. The number of ether oxygens (including phenoxy) is 2. The summed E-state index contributed by atoms with van der Waals surface area (Å²) < 4.78 is 12.7. The topological polar surface area (TPSA) is 107 Å². The van der Waals surface area contributed by atoms with Gasteiger partial charge in [0.1, 0.15) is 16.9 Å². The highest BCUT2D eigenvalue weighted by atomic mass is 79.9. The van der Waals surface area contributed by atoms with Crippen LogP contribution >= 0.6 is 31.9 Å². The Morgan fingerprint density at radius 2 is 1.44 bits per heavy atom. The molecule has 1 spiro atoms. The van der Waals surface area contributed by atoms with E-state index in [2.05, 4.69) is 31.9 Å². The second-order valence-electron chi connectivity index (χ2n) is 11.9. The fourth-order valence-corrected chi connectivity index (χ4v) is 6.67. The summed E-state index contributed by atoms with van der Waals surface area (Å²) in [5.74, 6) is -4.79. The summed E-state index contributed by atoms with van der Waals surface area (Å²) in [4.78, 5) is 71.4. The summed E-state index contributed by atoms with van der Waals surface area (Å²) in [6.45, 7) is 6.66. The number of esters is 1. The van der Waals surface area contributed by atoms with Gasteiger partial charge in [-0.2, -0.15) is 0 Å². The quantitative estimate of drug-likeness (QED) is 0.182. The third kappa shape index (κ3) is 5.93. The van der Waals surface area contributed by atoms with E-state index in [1.807, 2.05) is 0 Å². The Labute approximate surface area is 278 Å². The molecule has 3 aromatic carbocycles. The number of amides is 2. The van der Waals surface area contributed by atoms with E-state index in [0.29, 0.717) is 11.1 Å². The van der Waals surface area contributed by atoms with Crippen LogP contribution in [0.4, 0.5) is 10.5 Å². The predicted octanol–water partition coefficient (Wildman–Crippen LogP) is 7.62. The zero-order valence-corrected chi connectivity index (χ0v) is 28.3. The molecule has 5 rings (SSSR count). The summed E-state index contributed by atoms with van der Waals surface area (Å²) in [6.07, 6.45) is 0.400. The normalized spacial score (nSPS) is 20.5. The molecular formula is C35H31Br2NO7. The largest absolute Gasteiger partial charge is 0.465 e. The zero-order valence-electron chi connectivity index (χ0n) is 25.1. The van der Waals surface area contributed by atoms with Crippen LogP contribution in [-0.2, 0) is 24.5 Å². The zero-order chi connectivity index (χ0) is 32.7. The molecule has 0 fully saturated rings. The van der Waals surface area contributed by atoms with Crippen molar-refractivity contribution in [1.29, 1.82) is 0 Å². The van der Waals surface area contributed by atoms with Gasteiger partial charge in [-0.05, 0) is 75.7 Å². The average molecular weight is 737 g/mol. The number of imide groups is 1. The number of hydrogen-bond donors (Lipinski definition) is 0. The molecule has 3 atom stereocenters. The Hall–Kier alpha value is -3.89. The average Bonchev–Trinajstić information content (AvgIpc) is 3.45. The number of carbonyl (C=O) groups excluding carboxylic acids is 5. The van der Waals surface area contributed by atoms with E-state index in [4.69, 9.17) is 9.47 Å². The summed E-state index contributed by atoms with van der Waals surface area (Å²) in [5.41, 5.74) is -1.51. The van der Waals surface area contributed by atoms with Gasteiger partial charge in [-0.15, -0.1) is 0 Å². The van der Waals surface area contributed by atoms with Gasteiger partial charge in [0, 0.05) is 38.0 Å². The number of Topliss-reactive ketones (excluding diaryl/α,β-unsaturated/α-hetero) is 2. The van der Waals surface area contributed by atoms with Crippen LogP contribution in [0.5, 0.6) is 0 Å². The minimum absolute atomic E-state index is 0.0146. The summed E-state index contributed by atoms with van der Waals surface area (Å²) >= 11 is 6.76. The number of halogens is 2. The minimum Gasteiger partial charge on any atom is -0.465 e. The standard InChI is InChI=1S/C35H31Br2NO7/c1-5-44-31(41)29-25(30(40)21-12-16-24(37)17-13-21)18-22(19-28(39)20-10-14-23(36)15-11-20)35(29)26-8-6-7-9-27(26)38(32(35)42)33(43)45-34(2,3)4/h6-18,22,29H,5,19H2,1-4H3/t22-,29?,35-/m0/s1. The second-order valence-corrected chi connectivity index (χ2v) is 13.7. The number of hydrogen-bond acceptors (Lipinski definition) is 7. The van der Waals surface area contributed by atoms with Crippen molar-refractivity contribution in [3.8, 4) is 0 Å². The van der Waals surface area contributed by atoms with Crippen LogP contribution in [0.2, 0.25) is 0 Å². The van der Waals surface area contributed by atoms with Crippen LogP contribution in [-0.4, -0.2) is 41.7 Å². The molecule has 8 nitrogen and oxygen atoms in total. The van der Waals surface area contributed by atoms with E-state index in [1.165, 1.54) is 0 Å². The van der Waals surface area contributed by atoms with Gasteiger partial charge in [0.25, 0.3) is 0 Å². The first-order chi connectivity index (χ1) is 21.3. The van der Waals surface area contributed by atoms with E-state index >= 15 is 0 Å². The van der Waals surface area contributed by atoms with Gasteiger partial charge in [-0.25, -0.2) is 9.69 Å². The lowest BCUT2D eigenvalue weighted by Gasteiger charge is -2.35. The van der Waals surface area contributed by atoms with Crippen molar-refractivity contribution in [3.63, 3.8) is 0 Å². The van der Waals surface area contributed by atoms with Crippen LogP contribution in [0.3, 0.4) is 0 Å². The molecule has 1 aliphatic heterocycles. The SMILES string of the molecule is CCOC(=O)C1C(C(=O)c2ccc(Br)cc2)=C[C@@H](CC(=O)c2ccc(Br)cc2)[C@@]12C(=O)N(C(=O)OC(C)(C)C)c1ccccc12. The minimum atomic E-state index is -1.84. The van der Waals surface area contributed by atoms with Crippen LogP contribution in [0.1, 0.15) is 60.4 Å². The van der Waals surface area contributed by atoms with Crippen molar-refractivity contribution >= 4 is 67.1 Å². The first-order valence-corrected chi connectivity index (χ1v) is 16.0. The van der Waals surface area contributed by atoms with Crippen LogP contribution < -0.4 is 4.90 Å². The van der Waals surface area contributed by atoms with Gasteiger partial charge in [0.15, 0.2) is 11.6 Å². The Morgan fingerprint density at radius 3 is 2.02 bits per heavy atom. The molecule has 0 bridgehead atoms. The number of benzene rings is 3. The van der Waals surface area contributed by atoms with E-state index in [0.717, 1.165) is 13.8 Å². The first-order valence-electron chi connectivity index (χ1n) is 14.4. The molecule has 1 unspecified atom stereocenters. The number of fused-ring (bicyclic) bond motifs is 2. The second kappa shape index (κ2) is 12.5. The summed E-state index contributed by atoms with van der Waals surface area (Å²) in [7, 11) is 0. The molecule has 10 heteroatoms. The highest BCUT2D eigenvalue weighted by Gasteiger charge is 2.67. The molecule has 0 aromatic heterocycles. The summed E-state index contributed by atoms with van der Waals surface area (Å²) in [6, 6.07) is 20.0. The number of allylic oxidation sites excluding steroid dienone is 1. The van der Waals surface area contributed by atoms with Crippen molar-refractivity contribution in [1.82, 2.24) is 0 Å². The molecule has 1 aliphatic carbocycles. The Kier molecular flexibility index (Phi) is 9.01. The molecule has 0 radical (unpaired) electrons. The monoisotopic (exact) mass is 735 g/mol. The molecule has 3 aromatic rings. The molecular weight excluding hydrogens is 706 g/mol. The number of para-hydroxylation sites is 1. The van der Waals surface area contributed by atoms with Gasteiger partial charge < -0.3 is 9.47 Å². The molecule has 0 saturated heterocycles. The van der Waals surface area contributed by atoms with Crippen molar-refractivity contribution in [2.75, 3.05) is 11.5 Å².